The highest BCUT2D eigenvalue weighted by atomic mass is 19.2. The summed E-state index contributed by atoms with van der Waals surface area (Å²) in [5, 5.41) is 0. The topological polar surface area (TPSA) is 9.23 Å². The lowest BCUT2D eigenvalue weighted by Gasteiger charge is -2.05. The molecule has 1 aromatic rings. The summed E-state index contributed by atoms with van der Waals surface area (Å²) in [6.45, 7) is 0. The van der Waals surface area contributed by atoms with E-state index in [-0.39, 0.29) is 0 Å². The van der Waals surface area contributed by atoms with Gasteiger partial charge in [0.2, 0.25) is 0 Å². The molecule has 0 saturated heterocycles. The number of hydrogen-bond donors (Lipinski definition) is 0. The maximum atomic E-state index is 12.8. The first-order chi connectivity index (χ1) is 6.50. The smallest absolute Gasteiger partial charge is 0.336 e. The van der Waals surface area contributed by atoms with E-state index < -0.39 is 34.5 Å². The van der Waals surface area contributed by atoms with Crippen molar-refractivity contribution in [3.05, 3.63) is 29.1 Å². The fourth-order valence-electron chi connectivity index (χ4n) is 0.843. The summed E-state index contributed by atoms with van der Waals surface area (Å²) in [6.07, 6.45) is 0. The third-order valence-electron chi connectivity index (χ3n) is 1.48. The first-order valence-corrected chi connectivity index (χ1v) is 3.38. The van der Waals surface area contributed by atoms with Crippen molar-refractivity contribution in [1.82, 2.24) is 0 Å². The van der Waals surface area contributed by atoms with E-state index in [0.717, 1.165) is 7.11 Å². The van der Waals surface area contributed by atoms with Gasteiger partial charge >= 0.3 is 7.48 Å². The molecule has 0 aliphatic rings. The highest BCUT2D eigenvalue weighted by molar-refractivity contribution is 6.47. The van der Waals surface area contributed by atoms with Gasteiger partial charge in [-0.2, -0.15) is 0 Å². The lowest BCUT2D eigenvalue weighted by Crippen LogP contribution is -2.28. The molecule has 0 spiro atoms. The second kappa shape index (κ2) is 3.95. The molecule has 0 fully saturated rings. The van der Waals surface area contributed by atoms with Gasteiger partial charge in [-0.3, -0.25) is 0 Å². The molecule has 0 heterocycles. The van der Waals surface area contributed by atoms with E-state index in [4.69, 9.17) is 0 Å². The first-order valence-electron chi connectivity index (χ1n) is 3.38. The van der Waals surface area contributed by atoms with Crippen LogP contribution in [0.5, 0.6) is 0 Å². The van der Waals surface area contributed by atoms with Gasteiger partial charge in [0.25, 0.3) is 0 Å². The van der Waals surface area contributed by atoms with E-state index in [0.29, 0.717) is 7.48 Å². The molecule has 0 aliphatic heterocycles. The number of rotatable bonds is 2. The molecule has 1 rings (SSSR count). The van der Waals surface area contributed by atoms with Crippen LogP contribution in [0.4, 0.5) is 22.0 Å². The van der Waals surface area contributed by atoms with Crippen LogP contribution >= 0.6 is 0 Å². The summed E-state index contributed by atoms with van der Waals surface area (Å²) in [4.78, 5) is 0. The predicted molar refractivity (Wildman–Crippen MR) is 38.6 cm³/mol. The van der Waals surface area contributed by atoms with Gasteiger partial charge in [0, 0.05) is 12.6 Å². The standard InChI is InChI=1S/C7H3BF5O/c1-14-8-2-3(9)5(11)7(13)6(12)4(2)10/h1H3. The van der Waals surface area contributed by atoms with Crippen LogP contribution in [0.1, 0.15) is 0 Å². The Morgan fingerprint density at radius 3 is 1.50 bits per heavy atom. The Morgan fingerprint density at radius 2 is 1.14 bits per heavy atom. The Labute approximate surface area is 76.8 Å². The molecular formula is C7H3BF5O. The van der Waals surface area contributed by atoms with Gasteiger partial charge in [-0.1, -0.05) is 0 Å². The Hall–Kier alpha value is -1.11. The first kappa shape index (κ1) is 11.0. The number of benzene rings is 1. The molecule has 75 valence electrons. The molecule has 0 bridgehead atoms. The minimum absolute atomic E-state index is 0.441. The van der Waals surface area contributed by atoms with Gasteiger partial charge in [0.05, 0.1) is 0 Å². The zero-order chi connectivity index (χ0) is 10.9. The lowest BCUT2D eigenvalue weighted by atomic mass is 9.86. The van der Waals surface area contributed by atoms with Gasteiger partial charge in [-0.25, -0.2) is 22.0 Å². The second-order valence-corrected chi connectivity index (χ2v) is 2.34. The molecule has 1 aromatic carbocycles. The molecule has 14 heavy (non-hydrogen) atoms. The highest BCUT2D eigenvalue weighted by Gasteiger charge is 2.25. The predicted octanol–water partition coefficient (Wildman–Crippen LogP) is 1.27. The van der Waals surface area contributed by atoms with Crippen molar-refractivity contribution in [2.24, 2.45) is 0 Å². The van der Waals surface area contributed by atoms with E-state index in [1.807, 2.05) is 0 Å². The van der Waals surface area contributed by atoms with Gasteiger partial charge in [-0.15, -0.1) is 0 Å². The van der Waals surface area contributed by atoms with Crippen molar-refractivity contribution < 1.29 is 26.6 Å². The van der Waals surface area contributed by atoms with Crippen molar-refractivity contribution >= 4 is 12.9 Å². The summed E-state index contributed by atoms with van der Waals surface area (Å²) in [5.41, 5.74) is -1.09. The summed E-state index contributed by atoms with van der Waals surface area (Å²) in [6, 6.07) is 0. The molecule has 1 radical (unpaired) electrons. The van der Waals surface area contributed by atoms with E-state index in [1.165, 1.54) is 0 Å². The molecule has 0 amide bonds. The van der Waals surface area contributed by atoms with Crippen LogP contribution < -0.4 is 5.46 Å². The quantitative estimate of drug-likeness (QED) is 0.308. The van der Waals surface area contributed by atoms with E-state index in [1.54, 1.807) is 0 Å². The number of halogens is 5. The molecule has 7 heteroatoms. The largest absolute Gasteiger partial charge is 0.437 e. The molecular weight excluding hydrogens is 206 g/mol. The third kappa shape index (κ3) is 1.59. The van der Waals surface area contributed by atoms with Crippen LogP contribution in [0.3, 0.4) is 0 Å². The van der Waals surface area contributed by atoms with Gasteiger partial charge in [0.1, 0.15) is 0 Å². The maximum Gasteiger partial charge on any atom is 0.336 e. The zero-order valence-corrected chi connectivity index (χ0v) is 6.88. The molecule has 1 nitrogen and oxygen atoms in total. The van der Waals surface area contributed by atoms with Gasteiger partial charge < -0.3 is 4.65 Å². The van der Waals surface area contributed by atoms with Crippen molar-refractivity contribution in [2.45, 2.75) is 0 Å². The molecule has 0 N–H and O–H groups in total. The molecule has 0 aliphatic carbocycles. The Morgan fingerprint density at radius 1 is 0.786 bits per heavy atom. The van der Waals surface area contributed by atoms with Crippen LogP contribution in [0, 0.1) is 29.1 Å². The van der Waals surface area contributed by atoms with Crippen LogP contribution in [0.2, 0.25) is 0 Å². The SMILES string of the molecule is CO[B]c1c(F)c(F)c(F)c(F)c1F. The van der Waals surface area contributed by atoms with Crippen molar-refractivity contribution in [1.29, 1.82) is 0 Å². The van der Waals surface area contributed by atoms with Crippen molar-refractivity contribution in [3.63, 3.8) is 0 Å². The Balaban J connectivity index is 3.43. The fraction of sp³-hybridized carbons (Fsp3) is 0.143. The highest BCUT2D eigenvalue weighted by Crippen LogP contribution is 2.15. The van der Waals surface area contributed by atoms with Crippen LogP contribution in [-0.2, 0) is 4.65 Å². The summed E-state index contributed by atoms with van der Waals surface area (Å²) >= 11 is 0. The number of hydrogen-bond acceptors (Lipinski definition) is 1. The van der Waals surface area contributed by atoms with E-state index >= 15 is 0 Å². The summed E-state index contributed by atoms with van der Waals surface area (Å²) < 4.78 is 67.1. The average molecular weight is 209 g/mol. The van der Waals surface area contributed by atoms with Gasteiger partial charge in [0.15, 0.2) is 29.1 Å². The maximum absolute atomic E-state index is 12.8. The minimum atomic E-state index is -2.19. The minimum Gasteiger partial charge on any atom is -0.437 e. The second-order valence-electron chi connectivity index (χ2n) is 2.34. The van der Waals surface area contributed by atoms with Crippen LogP contribution in [0.25, 0.3) is 0 Å². The van der Waals surface area contributed by atoms with E-state index in [9.17, 15) is 22.0 Å². The Kier molecular flexibility index (Phi) is 3.10. The lowest BCUT2D eigenvalue weighted by molar-refractivity contribution is 0.380. The van der Waals surface area contributed by atoms with Crippen LogP contribution in [0.15, 0.2) is 0 Å². The Bertz CT molecular complexity index is 339. The summed E-state index contributed by atoms with van der Waals surface area (Å²) in [5.74, 6) is -10.0. The third-order valence-corrected chi connectivity index (χ3v) is 1.48. The summed E-state index contributed by atoms with van der Waals surface area (Å²) in [7, 11) is 1.47. The normalized spacial score (nSPS) is 10.4. The fourth-order valence-corrected chi connectivity index (χ4v) is 0.843. The zero-order valence-electron chi connectivity index (χ0n) is 6.88. The molecule has 0 unspecified atom stereocenters. The molecule has 0 saturated carbocycles. The van der Waals surface area contributed by atoms with Crippen molar-refractivity contribution in [2.75, 3.05) is 7.11 Å². The molecule has 0 aromatic heterocycles. The monoisotopic (exact) mass is 209 g/mol. The van der Waals surface area contributed by atoms with E-state index in [2.05, 4.69) is 4.65 Å². The van der Waals surface area contributed by atoms with Gasteiger partial charge in [-0.05, 0) is 0 Å². The van der Waals surface area contributed by atoms with Crippen LogP contribution in [-0.4, -0.2) is 14.6 Å². The molecule has 0 atom stereocenters. The van der Waals surface area contributed by atoms with Crippen molar-refractivity contribution in [3.8, 4) is 0 Å². The average Bonchev–Trinajstić information content (AvgIpc) is 2.19.